The van der Waals surface area contributed by atoms with Gasteiger partial charge in [-0.15, -0.1) is 11.3 Å². The number of anilines is 1. The number of aromatic carboxylic acids is 1. The summed E-state index contributed by atoms with van der Waals surface area (Å²) in [5.41, 5.74) is 1.87. The van der Waals surface area contributed by atoms with Crippen molar-refractivity contribution in [1.29, 1.82) is 0 Å². The number of halogens is 1. The lowest BCUT2D eigenvalue weighted by atomic mass is 9.93. The van der Waals surface area contributed by atoms with E-state index in [4.69, 9.17) is 21.4 Å². The predicted octanol–water partition coefficient (Wildman–Crippen LogP) is 5.39. The number of benzene rings is 1. The van der Waals surface area contributed by atoms with Gasteiger partial charge in [-0.3, -0.25) is 0 Å². The number of hydrogen-bond acceptors (Lipinski definition) is 5. The van der Waals surface area contributed by atoms with Gasteiger partial charge in [0.1, 0.15) is 5.02 Å². The van der Waals surface area contributed by atoms with Gasteiger partial charge in [0.15, 0.2) is 17.2 Å². The molecule has 0 amide bonds. The maximum absolute atomic E-state index is 11.6. The van der Waals surface area contributed by atoms with Gasteiger partial charge >= 0.3 is 11.9 Å². The van der Waals surface area contributed by atoms with E-state index in [1.165, 1.54) is 32.1 Å². The van der Waals surface area contributed by atoms with E-state index in [1.807, 2.05) is 18.2 Å². The maximum Gasteiger partial charge on any atom is 0.349 e. The molecule has 3 rings (SSSR count). The molecule has 1 saturated carbocycles. The molecule has 0 unspecified atom stereocenters. The number of nitrogens with zero attached hydrogens (tertiary/aromatic N) is 1. The van der Waals surface area contributed by atoms with Crippen molar-refractivity contribution in [2.75, 3.05) is 18.1 Å². The minimum absolute atomic E-state index is 0.0911. The van der Waals surface area contributed by atoms with Crippen molar-refractivity contribution in [1.82, 2.24) is 0 Å². The standard InChI is InChI=1S/C21H24ClNO5S/c1-2-23(14-8-4-3-5-9-14)15-10-6-7-13(11-15)19-17(22)18(28-12-16(24)25)20(29-19)21(26)27/h6-7,10-11,14H,2-5,8-9,12H2,1H3,(H,24,25)(H,26,27). The molecule has 2 N–H and O–H groups in total. The first kappa shape index (κ1) is 21.5. The van der Waals surface area contributed by atoms with Gasteiger partial charge in [-0.25, -0.2) is 9.59 Å². The van der Waals surface area contributed by atoms with Gasteiger partial charge < -0.3 is 19.8 Å². The van der Waals surface area contributed by atoms with Crippen molar-refractivity contribution in [3.8, 4) is 16.2 Å². The molecular formula is C21H24ClNO5S. The highest BCUT2D eigenvalue weighted by Crippen LogP contribution is 2.46. The summed E-state index contributed by atoms with van der Waals surface area (Å²) < 4.78 is 5.17. The molecule has 0 aliphatic heterocycles. The average Bonchev–Trinajstić information content (AvgIpc) is 3.05. The zero-order valence-corrected chi connectivity index (χ0v) is 17.8. The van der Waals surface area contributed by atoms with Crippen molar-refractivity contribution in [2.24, 2.45) is 0 Å². The third-order valence-electron chi connectivity index (χ3n) is 5.14. The molecule has 0 spiro atoms. The lowest BCUT2D eigenvalue weighted by Gasteiger charge is -2.35. The molecule has 0 atom stereocenters. The molecule has 1 aromatic heterocycles. The largest absolute Gasteiger partial charge is 0.479 e. The normalized spacial score (nSPS) is 14.6. The van der Waals surface area contributed by atoms with E-state index in [0.29, 0.717) is 10.9 Å². The molecule has 0 radical (unpaired) electrons. The highest BCUT2D eigenvalue weighted by molar-refractivity contribution is 7.18. The van der Waals surface area contributed by atoms with Crippen LogP contribution in [-0.4, -0.2) is 41.3 Å². The number of carboxylic acids is 2. The molecule has 1 fully saturated rings. The zero-order valence-electron chi connectivity index (χ0n) is 16.2. The van der Waals surface area contributed by atoms with Gasteiger partial charge in [-0.2, -0.15) is 0 Å². The van der Waals surface area contributed by atoms with E-state index in [-0.39, 0.29) is 15.6 Å². The summed E-state index contributed by atoms with van der Waals surface area (Å²) in [4.78, 5) is 25.3. The number of carbonyl (C=O) groups is 2. The summed E-state index contributed by atoms with van der Waals surface area (Å²) in [5, 5.41) is 18.5. The third-order valence-corrected chi connectivity index (χ3v) is 6.82. The lowest BCUT2D eigenvalue weighted by molar-refractivity contribution is -0.139. The van der Waals surface area contributed by atoms with Crippen LogP contribution in [0.5, 0.6) is 5.75 Å². The molecule has 1 heterocycles. The second-order valence-corrected chi connectivity index (χ2v) is 8.42. The summed E-state index contributed by atoms with van der Waals surface area (Å²) in [6.45, 7) is 2.38. The highest BCUT2D eigenvalue weighted by atomic mass is 35.5. The minimum atomic E-state index is -1.20. The summed E-state index contributed by atoms with van der Waals surface area (Å²) in [6.07, 6.45) is 6.12. The van der Waals surface area contributed by atoms with Crippen LogP contribution in [0.25, 0.3) is 10.4 Å². The number of aliphatic carboxylic acids is 1. The summed E-state index contributed by atoms with van der Waals surface area (Å²) in [7, 11) is 0. The molecule has 156 valence electrons. The maximum atomic E-state index is 11.6. The first-order valence-corrected chi connectivity index (χ1v) is 10.9. The van der Waals surface area contributed by atoms with Crippen molar-refractivity contribution in [3.63, 3.8) is 0 Å². The fourth-order valence-electron chi connectivity index (χ4n) is 3.86. The molecular weight excluding hydrogens is 414 g/mol. The van der Waals surface area contributed by atoms with Crippen LogP contribution in [-0.2, 0) is 4.79 Å². The van der Waals surface area contributed by atoms with Crippen LogP contribution >= 0.6 is 22.9 Å². The van der Waals surface area contributed by atoms with E-state index < -0.39 is 18.5 Å². The predicted molar refractivity (Wildman–Crippen MR) is 115 cm³/mol. The van der Waals surface area contributed by atoms with Gasteiger partial charge in [0, 0.05) is 18.3 Å². The Hall–Kier alpha value is -2.25. The molecule has 6 nitrogen and oxygen atoms in total. The number of rotatable bonds is 8. The summed E-state index contributed by atoms with van der Waals surface area (Å²) in [5.74, 6) is -2.48. The Balaban J connectivity index is 1.96. The zero-order chi connectivity index (χ0) is 21.0. The monoisotopic (exact) mass is 437 g/mol. The van der Waals surface area contributed by atoms with E-state index in [9.17, 15) is 14.7 Å². The number of thiophene rings is 1. The van der Waals surface area contributed by atoms with E-state index in [0.717, 1.165) is 29.1 Å². The Labute approximate surface area is 178 Å². The Morgan fingerprint density at radius 1 is 1.24 bits per heavy atom. The molecule has 1 aliphatic rings. The van der Waals surface area contributed by atoms with Gasteiger partial charge in [-0.1, -0.05) is 43.0 Å². The van der Waals surface area contributed by atoms with E-state index in [2.05, 4.69) is 17.9 Å². The molecule has 29 heavy (non-hydrogen) atoms. The first-order valence-electron chi connectivity index (χ1n) is 9.69. The Bertz CT molecular complexity index is 891. The highest BCUT2D eigenvalue weighted by Gasteiger charge is 2.26. The Morgan fingerprint density at radius 2 is 1.97 bits per heavy atom. The van der Waals surface area contributed by atoms with Crippen LogP contribution in [0.4, 0.5) is 5.69 Å². The van der Waals surface area contributed by atoms with Crippen LogP contribution < -0.4 is 9.64 Å². The first-order chi connectivity index (χ1) is 13.9. The van der Waals surface area contributed by atoms with Gasteiger partial charge in [0.25, 0.3) is 0 Å². The summed E-state index contributed by atoms with van der Waals surface area (Å²) in [6, 6.07) is 8.39. The summed E-state index contributed by atoms with van der Waals surface area (Å²) >= 11 is 7.42. The van der Waals surface area contributed by atoms with Gasteiger partial charge in [0.05, 0.1) is 4.88 Å². The van der Waals surface area contributed by atoms with Crippen molar-refractivity contribution in [3.05, 3.63) is 34.2 Å². The van der Waals surface area contributed by atoms with E-state index in [1.54, 1.807) is 0 Å². The van der Waals surface area contributed by atoms with Crippen LogP contribution in [0.1, 0.15) is 48.7 Å². The lowest BCUT2D eigenvalue weighted by Crippen LogP contribution is -2.36. The van der Waals surface area contributed by atoms with Crippen LogP contribution in [0, 0.1) is 0 Å². The Kier molecular flexibility index (Phi) is 7.03. The van der Waals surface area contributed by atoms with Crippen molar-refractivity contribution >= 4 is 40.6 Å². The molecule has 1 aromatic carbocycles. The van der Waals surface area contributed by atoms with Crippen LogP contribution in [0.15, 0.2) is 24.3 Å². The quantitative estimate of drug-likeness (QED) is 0.575. The second-order valence-electron chi connectivity index (χ2n) is 7.02. The molecule has 8 heteroatoms. The van der Waals surface area contributed by atoms with E-state index >= 15 is 0 Å². The fourth-order valence-corrected chi connectivity index (χ4v) is 5.26. The third kappa shape index (κ3) is 4.85. The topological polar surface area (TPSA) is 87.1 Å². The van der Waals surface area contributed by atoms with Crippen LogP contribution in [0.3, 0.4) is 0 Å². The number of hydrogen-bond donors (Lipinski definition) is 2. The van der Waals surface area contributed by atoms with Gasteiger partial charge in [-0.05, 0) is 37.5 Å². The average molecular weight is 438 g/mol. The van der Waals surface area contributed by atoms with Crippen LogP contribution in [0.2, 0.25) is 5.02 Å². The molecule has 0 saturated heterocycles. The molecule has 2 aromatic rings. The van der Waals surface area contributed by atoms with Gasteiger partial charge in [0.2, 0.25) is 0 Å². The van der Waals surface area contributed by atoms with Crippen molar-refractivity contribution < 1.29 is 24.5 Å². The smallest absolute Gasteiger partial charge is 0.349 e. The van der Waals surface area contributed by atoms with Crippen molar-refractivity contribution in [2.45, 2.75) is 45.1 Å². The second kappa shape index (κ2) is 9.50. The number of ether oxygens (including phenoxy) is 1. The minimum Gasteiger partial charge on any atom is -0.479 e. The fraction of sp³-hybridized carbons (Fsp3) is 0.429. The SMILES string of the molecule is CCN(c1cccc(-c2sc(C(=O)O)c(OCC(=O)O)c2Cl)c1)C1CCCCC1. The Morgan fingerprint density at radius 3 is 2.59 bits per heavy atom. The molecule has 1 aliphatic carbocycles. The molecule has 0 bridgehead atoms. The number of carboxylic acid groups (broad SMARTS) is 2.